The van der Waals surface area contributed by atoms with E-state index < -0.39 is 29.2 Å². The minimum Gasteiger partial charge on any atom is -0.469 e. The van der Waals surface area contributed by atoms with Crippen molar-refractivity contribution in [1.82, 2.24) is 14.9 Å². The zero-order valence-corrected chi connectivity index (χ0v) is 23.0. The van der Waals surface area contributed by atoms with Crippen LogP contribution in [0.4, 0.5) is 5.69 Å². The van der Waals surface area contributed by atoms with Gasteiger partial charge in [-0.1, -0.05) is 41.4 Å². The van der Waals surface area contributed by atoms with E-state index in [1.165, 1.54) is 7.11 Å². The minimum absolute atomic E-state index is 0.0932. The van der Waals surface area contributed by atoms with Crippen LogP contribution >= 0.6 is 23.2 Å². The van der Waals surface area contributed by atoms with Gasteiger partial charge in [-0.3, -0.25) is 14.4 Å². The van der Waals surface area contributed by atoms with Crippen LogP contribution in [0.5, 0.6) is 0 Å². The molecule has 0 saturated carbocycles. The van der Waals surface area contributed by atoms with Crippen LogP contribution in [0.25, 0.3) is 16.6 Å². The Kier molecular flexibility index (Phi) is 8.42. The summed E-state index contributed by atoms with van der Waals surface area (Å²) in [7, 11) is 4.99. The van der Waals surface area contributed by atoms with Gasteiger partial charge in [-0.05, 0) is 54.4 Å². The van der Waals surface area contributed by atoms with Gasteiger partial charge in [-0.15, -0.1) is 0 Å². The Morgan fingerprint density at radius 2 is 1.69 bits per heavy atom. The molecule has 1 atom stereocenters. The number of fused-ring (bicyclic) bond motifs is 1. The van der Waals surface area contributed by atoms with E-state index in [9.17, 15) is 19.2 Å². The molecule has 0 aliphatic carbocycles. The molecule has 1 heterocycles. The number of H-pyrrole nitrogens is 1. The number of aromatic amines is 1. The Morgan fingerprint density at radius 1 is 1.03 bits per heavy atom. The minimum atomic E-state index is -0.639. The maximum atomic E-state index is 13.3. The van der Waals surface area contributed by atoms with Gasteiger partial charge in [0.05, 0.1) is 45.7 Å². The normalized spacial score (nSPS) is 11.7. The topological polar surface area (TPSA) is 114 Å². The Balaban J connectivity index is 1.62. The van der Waals surface area contributed by atoms with Crippen molar-refractivity contribution in [3.63, 3.8) is 0 Å². The summed E-state index contributed by atoms with van der Waals surface area (Å²) in [6.45, 7) is 0. The highest BCUT2D eigenvalue weighted by Crippen LogP contribution is 2.24. The van der Waals surface area contributed by atoms with Crippen molar-refractivity contribution in [3.05, 3.63) is 103 Å². The van der Waals surface area contributed by atoms with Crippen molar-refractivity contribution < 1.29 is 14.3 Å². The molecule has 0 aliphatic heterocycles. The zero-order chi connectivity index (χ0) is 28.3. The fourth-order valence-electron chi connectivity index (χ4n) is 4.21. The lowest BCUT2D eigenvalue weighted by molar-refractivity contribution is -0.141. The Bertz CT molecular complexity index is 1640. The van der Waals surface area contributed by atoms with Crippen LogP contribution in [0.1, 0.15) is 22.3 Å². The van der Waals surface area contributed by atoms with Crippen LogP contribution in [0.3, 0.4) is 0 Å². The summed E-state index contributed by atoms with van der Waals surface area (Å²) in [4.78, 5) is 55.6. The van der Waals surface area contributed by atoms with Crippen LogP contribution in [0.2, 0.25) is 10.0 Å². The zero-order valence-electron chi connectivity index (χ0n) is 21.5. The molecule has 0 aliphatic rings. The largest absolute Gasteiger partial charge is 0.469 e. The van der Waals surface area contributed by atoms with Crippen LogP contribution in [-0.4, -0.2) is 48.7 Å². The third-order valence-corrected chi connectivity index (χ3v) is 6.87. The van der Waals surface area contributed by atoms with Gasteiger partial charge in [-0.25, -0.2) is 9.36 Å². The van der Waals surface area contributed by atoms with Gasteiger partial charge in [0.1, 0.15) is 0 Å². The number of carbonyl (C=O) groups excluding carboxylic acids is 2. The molecule has 202 valence electrons. The number of aromatic nitrogens is 2. The molecule has 0 unspecified atom stereocenters. The number of nitrogens with zero attached hydrogens (tertiary/aromatic N) is 2. The first-order chi connectivity index (χ1) is 18.6. The summed E-state index contributed by atoms with van der Waals surface area (Å²) in [6, 6.07) is 16.0. The van der Waals surface area contributed by atoms with E-state index in [2.05, 4.69) is 10.3 Å². The van der Waals surface area contributed by atoms with Gasteiger partial charge >= 0.3 is 11.7 Å². The predicted molar refractivity (Wildman–Crippen MR) is 153 cm³/mol. The second kappa shape index (κ2) is 11.8. The summed E-state index contributed by atoms with van der Waals surface area (Å²) >= 11 is 12.3. The molecule has 0 spiro atoms. The van der Waals surface area contributed by atoms with Gasteiger partial charge in [0.15, 0.2) is 0 Å². The second-order valence-corrected chi connectivity index (χ2v) is 9.93. The first-order valence-corrected chi connectivity index (χ1v) is 12.7. The predicted octanol–water partition coefficient (Wildman–Crippen LogP) is 3.96. The molecule has 0 fully saturated rings. The number of nitrogens with one attached hydrogen (secondary N) is 2. The van der Waals surface area contributed by atoms with Crippen LogP contribution in [0, 0.1) is 0 Å². The molecular weight excluding hydrogens is 543 g/mol. The highest BCUT2D eigenvalue weighted by atomic mass is 35.5. The number of carbonyl (C=O) groups is 2. The van der Waals surface area contributed by atoms with E-state index in [0.717, 1.165) is 15.8 Å². The van der Waals surface area contributed by atoms with E-state index in [4.69, 9.17) is 27.9 Å². The highest BCUT2D eigenvalue weighted by Gasteiger charge is 2.22. The van der Waals surface area contributed by atoms with Crippen molar-refractivity contribution in [1.29, 1.82) is 0 Å². The molecule has 0 radical (unpaired) electrons. The first-order valence-electron chi connectivity index (χ1n) is 12.0. The third-order valence-electron chi connectivity index (χ3n) is 6.24. The summed E-state index contributed by atoms with van der Waals surface area (Å²) in [6.07, 6.45) is 0.169. The molecule has 9 nitrogen and oxygen atoms in total. The van der Waals surface area contributed by atoms with Crippen LogP contribution < -0.4 is 21.5 Å². The molecule has 2 N–H and O–H groups in total. The lowest BCUT2D eigenvalue weighted by Crippen LogP contribution is -2.38. The van der Waals surface area contributed by atoms with E-state index >= 15 is 0 Å². The molecule has 4 rings (SSSR count). The maximum absolute atomic E-state index is 13.3. The number of anilines is 1. The van der Waals surface area contributed by atoms with Crippen LogP contribution in [0.15, 0.2) is 70.3 Å². The smallest absolute Gasteiger partial charge is 0.333 e. The summed E-state index contributed by atoms with van der Waals surface area (Å²) in [5, 5.41) is 3.55. The Labute approximate surface area is 233 Å². The number of benzene rings is 3. The number of hydrogen-bond donors (Lipinski definition) is 2. The molecule has 1 amide bonds. The first kappa shape index (κ1) is 27.9. The monoisotopic (exact) mass is 568 g/mol. The van der Waals surface area contributed by atoms with Gasteiger partial charge in [0.25, 0.3) is 11.5 Å². The van der Waals surface area contributed by atoms with Gasteiger partial charge < -0.3 is 19.9 Å². The lowest BCUT2D eigenvalue weighted by Gasteiger charge is -2.19. The number of ether oxygens (including phenoxy) is 1. The number of hydrogen-bond acceptors (Lipinski definition) is 6. The highest BCUT2D eigenvalue weighted by molar-refractivity contribution is 6.39. The SMILES string of the molecule is COC(=O)C[C@H](Cc1ccc(-n2c(=O)[nH]c3ccc(N(C)C)cc3c2=O)cc1)NC(=O)c1c(Cl)cccc1Cl. The fourth-order valence-corrected chi connectivity index (χ4v) is 4.78. The Hall–Kier alpha value is -4.08. The average Bonchev–Trinajstić information content (AvgIpc) is 2.89. The van der Waals surface area contributed by atoms with E-state index in [-0.39, 0.29) is 28.5 Å². The second-order valence-electron chi connectivity index (χ2n) is 9.11. The van der Waals surface area contributed by atoms with Crippen molar-refractivity contribution in [2.45, 2.75) is 18.9 Å². The van der Waals surface area contributed by atoms with Crippen LogP contribution in [-0.2, 0) is 16.0 Å². The average molecular weight is 569 g/mol. The number of halogens is 2. The standard InChI is InChI=1S/C28H26Cl2N4O5/c1-33(2)19-11-12-23-20(15-19)27(37)34(28(38)32-23)18-9-7-16(8-10-18)13-17(14-24(35)39-3)31-26(36)25-21(29)5-4-6-22(25)30/h4-12,15,17H,13-14H2,1-3H3,(H,31,36)(H,32,38)/t17-/m0/s1. The third kappa shape index (κ3) is 6.16. The van der Waals surface area contributed by atoms with Gasteiger partial charge in [0.2, 0.25) is 0 Å². The Morgan fingerprint density at radius 3 is 2.31 bits per heavy atom. The molecule has 39 heavy (non-hydrogen) atoms. The summed E-state index contributed by atoms with van der Waals surface area (Å²) in [5.41, 5.74) is 1.49. The lowest BCUT2D eigenvalue weighted by atomic mass is 10.0. The molecule has 0 bridgehead atoms. The quantitative estimate of drug-likeness (QED) is 0.311. The van der Waals surface area contributed by atoms with Crippen molar-refractivity contribution in [2.75, 3.05) is 26.1 Å². The van der Waals surface area contributed by atoms with E-state index in [0.29, 0.717) is 16.6 Å². The molecule has 11 heteroatoms. The number of amides is 1. The van der Waals surface area contributed by atoms with E-state index in [1.807, 2.05) is 25.1 Å². The van der Waals surface area contributed by atoms with Gasteiger partial charge in [-0.2, -0.15) is 0 Å². The summed E-state index contributed by atoms with van der Waals surface area (Å²) < 4.78 is 5.86. The number of rotatable bonds is 8. The van der Waals surface area contributed by atoms with Crippen molar-refractivity contribution in [2.24, 2.45) is 0 Å². The van der Waals surface area contributed by atoms with Gasteiger partial charge in [0, 0.05) is 25.8 Å². The fraction of sp³-hybridized carbons (Fsp3) is 0.214. The maximum Gasteiger partial charge on any atom is 0.333 e. The molecule has 1 aromatic heterocycles. The molecule has 4 aromatic rings. The number of esters is 1. The van der Waals surface area contributed by atoms with E-state index in [1.54, 1.807) is 54.6 Å². The summed E-state index contributed by atoms with van der Waals surface area (Å²) in [5.74, 6) is -1.03. The molecular formula is C28H26Cl2N4O5. The number of methoxy groups -OCH3 is 1. The van der Waals surface area contributed by atoms with Crippen molar-refractivity contribution >= 4 is 51.7 Å². The van der Waals surface area contributed by atoms with Crippen molar-refractivity contribution in [3.8, 4) is 5.69 Å². The molecule has 3 aromatic carbocycles. The molecule has 0 saturated heterocycles.